The minimum absolute atomic E-state index is 0.208. The molecule has 0 unspecified atom stereocenters. The molecule has 1 aliphatic rings. The molecule has 32 heavy (non-hydrogen) atoms. The van der Waals surface area contributed by atoms with Gasteiger partial charge in [0.05, 0.1) is 17.8 Å². The van der Waals surface area contributed by atoms with Crippen LogP contribution >= 0.6 is 0 Å². The molecule has 0 atom stereocenters. The number of benzene rings is 3. The molecule has 0 radical (unpaired) electrons. The first-order chi connectivity index (χ1) is 15.8. The first kappa shape index (κ1) is 19.7. The molecule has 1 amide bonds. The average molecular weight is 427 g/mol. The monoisotopic (exact) mass is 427 g/mol. The highest BCUT2D eigenvalue weighted by Gasteiger charge is 2.18. The summed E-state index contributed by atoms with van der Waals surface area (Å²) in [7, 11) is 0. The molecule has 0 saturated carbocycles. The van der Waals surface area contributed by atoms with Gasteiger partial charge in [0.25, 0.3) is 5.91 Å². The second-order valence-electron chi connectivity index (χ2n) is 7.16. The number of nitrogens with zero attached hydrogens (tertiary/aromatic N) is 2. The number of aromatic nitrogens is 2. The molecular formula is C25H21N3O4. The smallest absolute Gasteiger partial charge is 0.255 e. The van der Waals surface area contributed by atoms with E-state index in [1.807, 2.05) is 66.7 Å². The van der Waals surface area contributed by atoms with E-state index >= 15 is 0 Å². The summed E-state index contributed by atoms with van der Waals surface area (Å²) >= 11 is 0. The van der Waals surface area contributed by atoms with Crippen LogP contribution in [0.3, 0.4) is 0 Å². The van der Waals surface area contributed by atoms with Gasteiger partial charge in [0.1, 0.15) is 18.1 Å². The lowest BCUT2D eigenvalue weighted by Gasteiger charge is -2.08. The summed E-state index contributed by atoms with van der Waals surface area (Å²) < 4.78 is 18.1. The van der Waals surface area contributed by atoms with Gasteiger partial charge < -0.3 is 19.5 Å². The lowest BCUT2D eigenvalue weighted by molar-refractivity contribution is 0.0947. The van der Waals surface area contributed by atoms with Gasteiger partial charge in [-0.05, 0) is 24.3 Å². The Hall–Kier alpha value is -4.26. The van der Waals surface area contributed by atoms with Gasteiger partial charge in [-0.25, -0.2) is 4.68 Å². The standard InChI is InChI=1S/C25H21N3O4/c29-25(26-13-14-30-20-11-12-22-23(15-20)32-17-31-22)21-16-28(19-9-5-2-6-10-19)27-24(21)18-7-3-1-4-8-18/h1-12,15-16H,13-14,17H2,(H,26,29). The quantitative estimate of drug-likeness (QED) is 0.450. The third-order valence-electron chi connectivity index (χ3n) is 5.03. The third-order valence-corrected chi connectivity index (χ3v) is 5.03. The molecule has 1 N–H and O–H groups in total. The van der Waals surface area contributed by atoms with Crippen molar-refractivity contribution in [2.24, 2.45) is 0 Å². The Kier molecular flexibility index (Phi) is 5.45. The second kappa shape index (κ2) is 8.85. The predicted molar refractivity (Wildman–Crippen MR) is 119 cm³/mol. The molecule has 0 aliphatic carbocycles. The number of carbonyl (C=O) groups is 1. The maximum Gasteiger partial charge on any atom is 0.255 e. The number of rotatable bonds is 7. The summed E-state index contributed by atoms with van der Waals surface area (Å²) in [5.74, 6) is 1.81. The Labute approximate surface area is 185 Å². The maximum atomic E-state index is 13.0. The molecule has 160 valence electrons. The fourth-order valence-corrected chi connectivity index (χ4v) is 3.46. The number of amides is 1. The summed E-state index contributed by atoms with van der Waals surface area (Å²) in [6.07, 6.45) is 1.76. The zero-order valence-electron chi connectivity index (χ0n) is 17.2. The van der Waals surface area contributed by atoms with E-state index in [-0.39, 0.29) is 12.7 Å². The van der Waals surface area contributed by atoms with E-state index < -0.39 is 0 Å². The zero-order chi connectivity index (χ0) is 21.8. The molecule has 1 aliphatic heterocycles. The number of nitrogens with one attached hydrogen (secondary N) is 1. The Morgan fingerprint density at radius 2 is 1.72 bits per heavy atom. The Balaban J connectivity index is 1.28. The van der Waals surface area contributed by atoms with Gasteiger partial charge in [0, 0.05) is 17.8 Å². The SMILES string of the molecule is O=C(NCCOc1ccc2c(c1)OCO2)c1cn(-c2ccccc2)nc1-c1ccccc1. The predicted octanol–water partition coefficient (Wildman–Crippen LogP) is 4.08. The number of hydrogen-bond acceptors (Lipinski definition) is 5. The van der Waals surface area contributed by atoms with E-state index in [1.54, 1.807) is 23.0 Å². The Morgan fingerprint density at radius 3 is 2.53 bits per heavy atom. The molecule has 7 heteroatoms. The van der Waals surface area contributed by atoms with Crippen molar-refractivity contribution in [3.63, 3.8) is 0 Å². The van der Waals surface area contributed by atoms with Crippen LogP contribution in [0.4, 0.5) is 0 Å². The van der Waals surface area contributed by atoms with Crippen molar-refractivity contribution in [3.05, 3.63) is 90.6 Å². The number of fused-ring (bicyclic) bond motifs is 1. The summed E-state index contributed by atoms with van der Waals surface area (Å²) in [6.45, 7) is 0.881. The maximum absolute atomic E-state index is 13.0. The van der Waals surface area contributed by atoms with E-state index in [0.717, 1.165) is 11.3 Å². The van der Waals surface area contributed by atoms with Crippen molar-refractivity contribution in [1.82, 2.24) is 15.1 Å². The molecule has 2 heterocycles. The van der Waals surface area contributed by atoms with Gasteiger partial charge in [0.15, 0.2) is 11.5 Å². The van der Waals surface area contributed by atoms with Crippen LogP contribution in [-0.2, 0) is 0 Å². The Bertz CT molecular complexity index is 1220. The molecule has 4 aromatic rings. The minimum Gasteiger partial charge on any atom is -0.492 e. The number of hydrogen-bond donors (Lipinski definition) is 1. The van der Waals surface area contributed by atoms with E-state index in [4.69, 9.17) is 14.2 Å². The van der Waals surface area contributed by atoms with Crippen molar-refractivity contribution in [1.29, 1.82) is 0 Å². The van der Waals surface area contributed by atoms with Gasteiger partial charge in [-0.2, -0.15) is 5.10 Å². The first-order valence-corrected chi connectivity index (χ1v) is 10.3. The van der Waals surface area contributed by atoms with Crippen LogP contribution in [0.15, 0.2) is 85.1 Å². The summed E-state index contributed by atoms with van der Waals surface area (Å²) in [5.41, 5.74) is 2.89. The van der Waals surface area contributed by atoms with Gasteiger partial charge in [-0.3, -0.25) is 4.79 Å². The van der Waals surface area contributed by atoms with E-state index in [9.17, 15) is 4.79 Å². The summed E-state index contributed by atoms with van der Waals surface area (Å²) in [6, 6.07) is 24.8. The average Bonchev–Trinajstić information content (AvgIpc) is 3.50. The van der Waals surface area contributed by atoms with Crippen molar-refractivity contribution < 1.29 is 19.0 Å². The normalized spacial score (nSPS) is 11.9. The highest BCUT2D eigenvalue weighted by molar-refractivity contribution is 5.99. The van der Waals surface area contributed by atoms with Crippen LogP contribution in [0.25, 0.3) is 16.9 Å². The molecular weight excluding hydrogens is 406 g/mol. The molecule has 0 saturated heterocycles. The number of ether oxygens (including phenoxy) is 3. The molecule has 0 bridgehead atoms. The van der Waals surface area contributed by atoms with Crippen LogP contribution in [0.5, 0.6) is 17.2 Å². The molecule has 5 rings (SSSR count). The van der Waals surface area contributed by atoms with Crippen molar-refractivity contribution in [2.75, 3.05) is 19.9 Å². The van der Waals surface area contributed by atoms with Crippen LogP contribution in [0.1, 0.15) is 10.4 Å². The van der Waals surface area contributed by atoms with Gasteiger partial charge in [-0.1, -0.05) is 48.5 Å². The van der Waals surface area contributed by atoms with Crippen molar-refractivity contribution >= 4 is 5.91 Å². The molecule has 1 aromatic heterocycles. The second-order valence-corrected chi connectivity index (χ2v) is 7.16. The molecule has 0 spiro atoms. The summed E-state index contributed by atoms with van der Waals surface area (Å²) in [5, 5.41) is 7.60. The van der Waals surface area contributed by atoms with Crippen molar-refractivity contribution in [2.45, 2.75) is 0 Å². The third kappa shape index (κ3) is 4.13. The van der Waals surface area contributed by atoms with Gasteiger partial charge >= 0.3 is 0 Å². The van der Waals surface area contributed by atoms with E-state index in [1.165, 1.54) is 0 Å². The van der Waals surface area contributed by atoms with E-state index in [0.29, 0.717) is 41.7 Å². The van der Waals surface area contributed by atoms with Crippen LogP contribution in [0, 0.1) is 0 Å². The number of para-hydroxylation sites is 1. The van der Waals surface area contributed by atoms with Gasteiger partial charge in [0.2, 0.25) is 6.79 Å². The van der Waals surface area contributed by atoms with Crippen LogP contribution in [0.2, 0.25) is 0 Å². The lowest BCUT2D eigenvalue weighted by Crippen LogP contribution is -2.28. The summed E-state index contributed by atoms with van der Waals surface area (Å²) in [4.78, 5) is 13.0. The fourth-order valence-electron chi connectivity index (χ4n) is 3.46. The largest absolute Gasteiger partial charge is 0.492 e. The topological polar surface area (TPSA) is 74.6 Å². The minimum atomic E-state index is -0.208. The molecule has 3 aromatic carbocycles. The van der Waals surface area contributed by atoms with Crippen LogP contribution in [-0.4, -0.2) is 35.6 Å². The van der Waals surface area contributed by atoms with Crippen molar-refractivity contribution in [3.8, 4) is 34.2 Å². The highest BCUT2D eigenvalue weighted by Crippen LogP contribution is 2.35. The highest BCUT2D eigenvalue weighted by atomic mass is 16.7. The fraction of sp³-hybridized carbons (Fsp3) is 0.120. The first-order valence-electron chi connectivity index (χ1n) is 10.3. The Morgan fingerprint density at radius 1 is 0.969 bits per heavy atom. The van der Waals surface area contributed by atoms with Gasteiger partial charge in [-0.15, -0.1) is 0 Å². The number of carbonyl (C=O) groups excluding carboxylic acids is 1. The lowest BCUT2D eigenvalue weighted by atomic mass is 10.1. The molecule has 0 fully saturated rings. The molecule has 7 nitrogen and oxygen atoms in total. The van der Waals surface area contributed by atoms with Crippen LogP contribution < -0.4 is 19.5 Å². The zero-order valence-corrected chi connectivity index (χ0v) is 17.2. The van der Waals surface area contributed by atoms with E-state index in [2.05, 4.69) is 10.4 Å².